The molecule has 4 aliphatic rings. The Hall–Kier alpha value is -7.11. The van der Waals surface area contributed by atoms with Crippen LogP contribution in [0.3, 0.4) is 0 Å². The number of ketones is 2. The molecule has 0 spiro atoms. The maximum Gasteiger partial charge on any atom is 0.258 e. The molecule has 5 amide bonds. The summed E-state index contributed by atoms with van der Waals surface area (Å²) in [5, 5.41) is 8.18. The van der Waals surface area contributed by atoms with Crippen molar-refractivity contribution in [3.8, 4) is 17.2 Å². The lowest BCUT2D eigenvalue weighted by Crippen LogP contribution is -2.36. The number of carbonyl (C=O) groups is 7. The first-order chi connectivity index (χ1) is 38.6. The minimum absolute atomic E-state index is 0.000867. The Morgan fingerprint density at radius 3 is 1.84 bits per heavy atom. The van der Waals surface area contributed by atoms with Crippen molar-refractivity contribution < 1.29 is 47.8 Å². The van der Waals surface area contributed by atoms with Gasteiger partial charge in [0.2, 0.25) is 17.7 Å². The van der Waals surface area contributed by atoms with Crippen LogP contribution in [0.5, 0.6) is 17.2 Å². The first kappa shape index (κ1) is 57.6. The van der Waals surface area contributed by atoms with E-state index in [1.54, 1.807) is 47.9 Å². The molecule has 0 aromatic heterocycles. The zero-order valence-electron chi connectivity index (χ0n) is 46.3. The van der Waals surface area contributed by atoms with Gasteiger partial charge in [0.25, 0.3) is 11.8 Å². The minimum atomic E-state index is -0.408. The van der Waals surface area contributed by atoms with Gasteiger partial charge in [-0.2, -0.15) is 0 Å². The van der Waals surface area contributed by atoms with Gasteiger partial charge in [0.05, 0.1) is 13.7 Å². The molecule has 0 saturated carbocycles. The molecule has 0 radical (unpaired) electrons. The summed E-state index contributed by atoms with van der Waals surface area (Å²) in [4.78, 5) is 95.4. The number of rotatable bonds is 25. The van der Waals surface area contributed by atoms with Crippen LogP contribution < -0.4 is 40.0 Å². The third-order valence-electron chi connectivity index (χ3n) is 15.4. The highest BCUT2D eigenvalue weighted by Crippen LogP contribution is 2.43. The number of anilines is 3. The second-order valence-corrected chi connectivity index (χ2v) is 24.9. The number of methoxy groups -OCH3 is 1. The molecule has 3 N–H and O–H groups in total. The molecular formula is C63H71N5O10S2. The zero-order valence-corrected chi connectivity index (χ0v) is 48.0. The van der Waals surface area contributed by atoms with Crippen LogP contribution in [0.4, 0.5) is 17.1 Å². The first-order valence-corrected chi connectivity index (χ1v) is 30.0. The summed E-state index contributed by atoms with van der Waals surface area (Å²) >= 11 is 0. The average Bonchev–Trinajstić information content (AvgIpc) is 3.95. The monoisotopic (exact) mass is 1120 g/mol. The van der Waals surface area contributed by atoms with E-state index in [0.717, 1.165) is 77.9 Å². The Balaban J connectivity index is 0.826. The van der Waals surface area contributed by atoms with E-state index < -0.39 is 11.8 Å². The fourth-order valence-electron chi connectivity index (χ4n) is 11.1. The quantitative estimate of drug-likeness (QED) is 0.0371. The van der Waals surface area contributed by atoms with E-state index in [9.17, 15) is 33.6 Å². The number of benzene rings is 5. The van der Waals surface area contributed by atoms with Crippen LogP contribution in [0.2, 0.25) is 0 Å². The highest BCUT2D eigenvalue weighted by molar-refractivity contribution is 8.77. The van der Waals surface area contributed by atoms with Gasteiger partial charge >= 0.3 is 0 Å². The summed E-state index contributed by atoms with van der Waals surface area (Å²) in [6.45, 7) is 6.02. The maximum atomic E-state index is 14.2. The number of hydrogen-bond acceptors (Lipinski definition) is 12. The lowest BCUT2D eigenvalue weighted by atomic mass is 9.98. The van der Waals surface area contributed by atoms with E-state index >= 15 is 0 Å². The number of para-hydroxylation sites is 2. The molecule has 4 aliphatic heterocycles. The van der Waals surface area contributed by atoms with Gasteiger partial charge in [-0.05, 0) is 166 Å². The number of aryl methyl sites for hydroxylation is 3. The summed E-state index contributed by atoms with van der Waals surface area (Å²) < 4.78 is 18.7. The van der Waals surface area contributed by atoms with Gasteiger partial charge < -0.3 is 40.0 Å². The Bertz CT molecular complexity index is 3200. The Morgan fingerprint density at radius 2 is 1.21 bits per heavy atom. The van der Waals surface area contributed by atoms with E-state index in [0.29, 0.717) is 65.3 Å². The van der Waals surface area contributed by atoms with Gasteiger partial charge in [-0.15, -0.1) is 0 Å². The molecule has 0 fully saturated rings. The highest BCUT2D eigenvalue weighted by Gasteiger charge is 2.39. The van der Waals surface area contributed by atoms with Gasteiger partial charge in [0, 0.05) is 96.3 Å². The highest BCUT2D eigenvalue weighted by atomic mass is 33.1. The summed E-state index contributed by atoms with van der Waals surface area (Å²) in [5.74, 6) is 1.16. The smallest absolute Gasteiger partial charge is 0.258 e. The van der Waals surface area contributed by atoms with Crippen LogP contribution in [0, 0.1) is 6.92 Å². The molecular weight excluding hydrogens is 1050 g/mol. The summed E-state index contributed by atoms with van der Waals surface area (Å²) in [5.41, 5.74) is 10.1. The van der Waals surface area contributed by atoms with Crippen LogP contribution in [-0.2, 0) is 62.9 Å². The summed E-state index contributed by atoms with van der Waals surface area (Å²) in [6.07, 6.45) is 6.69. The molecule has 0 aliphatic carbocycles. The zero-order chi connectivity index (χ0) is 56.5. The predicted molar refractivity (Wildman–Crippen MR) is 314 cm³/mol. The summed E-state index contributed by atoms with van der Waals surface area (Å²) in [6, 6.07) is 29.5. The number of carbonyl (C=O) groups excluding carboxylic acids is 7. The van der Waals surface area contributed by atoms with Crippen molar-refractivity contribution in [3.05, 3.63) is 141 Å². The summed E-state index contributed by atoms with van der Waals surface area (Å²) in [7, 11) is 6.55. The van der Waals surface area contributed by atoms with Crippen molar-refractivity contribution in [1.82, 2.24) is 10.6 Å². The molecule has 17 heteroatoms. The van der Waals surface area contributed by atoms with E-state index in [1.165, 1.54) is 11.1 Å². The van der Waals surface area contributed by atoms with Gasteiger partial charge in [-0.1, -0.05) is 58.0 Å². The van der Waals surface area contributed by atoms with Crippen molar-refractivity contribution >= 4 is 79.8 Å². The van der Waals surface area contributed by atoms with E-state index in [2.05, 4.69) is 41.9 Å². The largest absolute Gasteiger partial charge is 0.493 e. The standard InChI is InChI=1S/C63H71N5O10S2/c1-39-27-51-42(16-18-47-31-44-11-6-8-13-53(44)67(47)61(51)74)33-55(39)77-37-40-28-41(38-78-57-34-43-17-19-48-32-45-12-7-9-14-54(45)68(48)62(75)52(43)35-56(57)76-5)30-46(29-40)66-60(73)23-21-50(70)36-65-59(72)22-20-49(69)24-25-63(2,3)80-79-26-10-15-58(71)64-4/h6-9,11-14,27-30,33-35,47-48H,10,15-26,31-32,36-38H2,1-5H3,(H,64,71)(H,65,72)(H,66,73)/t47-,48-/m1/s1. The molecule has 5 aromatic rings. The SMILES string of the molecule is CNC(=O)CCCSSC(C)(C)CCC(=O)CCC(=O)NCC(=O)CCC(=O)Nc1cc(COc2cc3c(cc2C)C(=O)N2c4ccccc4C[C@H]2CC3)cc(COc2cc3c(cc2OC)C(=O)N2c4ccccc4C[C@H]2CC3)c1. The second kappa shape index (κ2) is 26.0. The lowest BCUT2D eigenvalue weighted by molar-refractivity contribution is -0.127. The third-order valence-corrected chi connectivity index (χ3v) is 18.8. The topological polar surface area (TPSA) is 190 Å². The fraction of sp³-hybridized carbons (Fsp3) is 0.413. The van der Waals surface area contributed by atoms with E-state index in [4.69, 9.17) is 14.2 Å². The van der Waals surface area contributed by atoms with Crippen molar-refractivity contribution in [2.24, 2.45) is 0 Å². The molecule has 420 valence electrons. The van der Waals surface area contributed by atoms with E-state index in [1.807, 2.05) is 83.5 Å². The lowest BCUT2D eigenvalue weighted by Gasteiger charge is -2.23. The second-order valence-electron chi connectivity index (χ2n) is 21.8. The molecule has 0 unspecified atom stereocenters. The molecule has 0 bridgehead atoms. The van der Waals surface area contributed by atoms with Crippen LogP contribution in [0.1, 0.15) is 138 Å². The Morgan fingerprint density at radius 1 is 0.637 bits per heavy atom. The number of nitrogens with zero attached hydrogens (tertiary/aromatic N) is 2. The normalized spacial score (nSPS) is 16.0. The van der Waals surface area contributed by atoms with Crippen molar-refractivity contribution in [2.45, 2.75) is 141 Å². The van der Waals surface area contributed by atoms with Crippen LogP contribution >= 0.6 is 21.6 Å². The average molecular weight is 1120 g/mol. The number of fused-ring (bicyclic) bond motifs is 8. The molecule has 5 aromatic carbocycles. The molecule has 4 heterocycles. The number of nitrogens with one attached hydrogen (secondary N) is 3. The predicted octanol–water partition coefficient (Wildman–Crippen LogP) is 10.4. The van der Waals surface area contributed by atoms with Gasteiger partial charge in [-0.3, -0.25) is 33.6 Å². The van der Waals surface area contributed by atoms with Gasteiger partial charge in [0.1, 0.15) is 24.7 Å². The number of amides is 5. The number of hydrogen-bond donors (Lipinski definition) is 3. The van der Waals surface area contributed by atoms with Crippen molar-refractivity contribution in [2.75, 3.05) is 41.6 Å². The number of Topliss-reactive ketones (excluding diaryl/α,β-unsaturated/α-hetero) is 2. The van der Waals surface area contributed by atoms with E-state index in [-0.39, 0.29) is 91.6 Å². The maximum absolute atomic E-state index is 14.2. The van der Waals surface area contributed by atoms with Crippen LogP contribution in [-0.4, -0.2) is 84.4 Å². The third kappa shape index (κ3) is 14.1. The first-order valence-electron chi connectivity index (χ1n) is 27.7. The number of ether oxygens (including phenoxy) is 3. The Kier molecular flexibility index (Phi) is 18.7. The van der Waals surface area contributed by atoms with Crippen LogP contribution in [0.25, 0.3) is 0 Å². The molecule has 15 nitrogen and oxygen atoms in total. The molecule has 9 rings (SSSR count). The molecule has 0 saturated heterocycles. The molecule has 80 heavy (non-hydrogen) atoms. The van der Waals surface area contributed by atoms with Gasteiger partial charge in [0.15, 0.2) is 17.3 Å². The Labute approximate surface area is 476 Å². The minimum Gasteiger partial charge on any atom is -0.493 e. The van der Waals surface area contributed by atoms with Crippen molar-refractivity contribution in [1.29, 1.82) is 0 Å². The van der Waals surface area contributed by atoms with Crippen molar-refractivity contribution in [3.63, 3.8) is 0 Å². The fourth-order valence-corrected chi connectivity index (χ4v) is 13.7. The molecule has 2 atom stereocenters. The van der Waals surface area contributed by atoms with Gasteiger partial charge in [-0.25, -0.2) is 0 Å². The van der Waals surface area contributed by atoms with Crippen LogP contribution in [0.15, 0.2) is 91.0 Å².